The molecule has 0 aromatic rings. The Bertz CT molecular complexity index is 487. The Hall–Kier alpha value is -1.79. The van der Waals surface area contributed by atoms with Crippen LogP contribution in [0.4, 0.5) is 4.79 Å². The van der Waals surface area contributed by atoms with Crippen LogP contribution >= 0.6 is 0 Å². The van der Waals surface area contributed by atoms with Gasteiger partial charge in [0.1, 0.15) is 18.2 Å². The lowest BCUT2D eigenvalue weighted by molar-refractivity contribution is -0.157. The molecule has 1 fully saturated rings. The minimum Gasteiger partial charge on any atom is -0.467 e. The lowest BCUT2D eigenvalue weighted by atomic mass is 10.1. The maximum Gasteiger partial charge on any atom is 0.410 e. The number of hydrogen-bond donors (Lipinski definition) is 0. The fourth-order valence-corrected chi connectivity index (χ4v) is 2.95. The van der Waals surface area contributed by atoms with Crippen LogP contribution < -0.4 is 0 Å². The van der Waals surface area contributed by atoms with Gasteiger partial charge in [-0.15, -0.1) is 0 Å². The standard InChI is InChI=1S/C19H34N2O5/c1-6-7-8-9-10-11-12-21-15(17(23)25-5)13-20(14-16(21)22)18(24)26-19(2,3)4/h15H,6-14H2,1-5H3/t15-/m1/s1. The highest BCUT2D eigenvalue weighted by Gasteiger charge is 2.40. The van der Waals surface area contributed by atoms with Gasteiger partial charge in [-0.05, 0) is 27.2 Å². The average molecular weight is 370 g/mol. The normalized spacial score (nSPS) is 18.0. The van der Waals surface area contributed by atoms with Crippen molar-refractivity contribution >= 4 is 18.0 Å². The number of nitrogens with zero attached hydrogens (tertiary/aromatic N) is 2. The number of ether oxygens (including phenoxy) is 2. The second-order valence-corrected chi connectivity index (χ2v) is 7.75. The van der Waals surface area contributed by atoms with Gasteiger partial charge < -0.3 is 14.4 Å². The van der Waals surface area contributed by atoms with E-state index in [4.69, 9.17) is 9.47 Å². The average Bonchev–Trinajstić information content (AvgIpc) is 2.56. The van der Waals surface area contributed by atoms with Crippen LogP contribution in [0.3, 0.4) is 0 Å². The Balaban J connectivity index is 2.67. The van der Waals surface area contributed by atoms with E-state index in [0.717, 1.165) is 19.3 Å². The van der Waals surface area contributed by atoms with E-state index in [9.17, 15) is 14.4 Å². The van der Waals surface area contributed by atoms with E-state index >= 15 is 0 Å². The van der Waals surface area contributed by atoms with Crippen LogP contribution in [0.1, 0.15) is 66.2 Å². The van der Waals surface area contributed by atoms with Crippen LogP contribution in [-0.2, 0) is 19.1 Å². The van der Waals surface area contributed by atoms with E-state index in [1.165, 1.54) is 31.3 Å². The summed E-state index contributed by atoms with van der Waals surface area (Å²) < 4.78 is 10.2. The first-order valence-corrected chi connectivity index (χ1v) is 9.54. The summed E-state index contributed by atoms with van der Waals surface area (Å²) in [4.78, 5) is 39.8. The third-order valence-electron chi connectivity index (χ3n) is 4.29. The van der Waals surface area contributed by atoms with Crippen molar-refractivity contribution in [3.63, 3.8) is 0 Å². The number of carbonyl (C=O) groups is 3. The lowest BCUT2D eigenvalue weighted by Crippen LogP contribution is -2.61. The van der Waals surface area contributed by atoms with E-state index in [0.29, 0.717) is 6.54 Å². The Morgan fingerprint density at radius 1 is 1.12 bits per heavy atom. The predicted molar refractivity (Wildman–Crippen MR) is 98.7 cm³/mol. The molecule has 0 aromatic heterocycles. The van der Waals surface area contributed by atoms with Gasteiger partial charge in [-0.3, -0.25) is 9.69 Å². The van der Waals surface area contributed by atoms with E-state index in [2.05, 4.69) is 6.92 Å². The zero-order chi connectivity index (χ0) is 19.7. The molecular weight excluding hydrogens is 336 g/mol. The van der Waals surface area contributed by atoms with Crippen molar-refractivity contribution in [1.82, 2.24) is 9.80 Å². The van der Waals surface area contributed by atoms with Crippen molar-refractivity contribution in [3.8, 4) is 0 Å². The Morgan fingerprint density at radius 3 is 2.31 bits per heavy atom. The molecule has 0 aliphatic carbocycles. The summed E-state index contributed by atoms with van der Waals surface area (Å²) in [6.07, 6.45) is 6.01. The number of amides is 2. The van der Waals surface area contributed by atoms with Crippen LogP contribution in [0, 0.1) is 0 Å². The van der Waals surface area contributed by atoms with E-state index in [1.54, 1.807) is 25.7 Å². The molecular formula is C19H34N2O5. The van der Waals surface area contributed by atoms with Gasteiger partial charge in [-0.25, -0.2) is 9.59 Å². The molecule has 150 valence electrons. The van der Waals surface area contributed by atoms with Gasteiger partial charge in [0.25, 0.3) is 0 Å². The van der Waals surface area contributed by atoms with Crippen LogP contribution in [0.25, 0.3) is 0 Å². The van der Waals surface area contributed by atoms with Gasteiger partial charge in [-0.2, -0.15) is 0 Å². The summed E-state index contributed by atoms with van der Waals surface area (Å²) in [5.74, 6) is -0.747. The van der Waals surface area contributed by atoms with Crippen LogP contribution in [0.2, 0.25) is 0 Å². The predicted octanol–water partition coefficient (Wildman–Crippen LogP) is 2.97. The molecule has 1 aliphatic rings. The molecule has 1 heterocycles. The minimum absolute atomic E-state index is 0.0712. The summed E-state index contributed by atoms with van der Waals surface area (Å²) >= 11 is 0. The smallest absolute Gasteiger partial charge is 0.410 e. The molecule has 1 aliphatic heterocycles. The summed E-state index contributed by atoms with van der Waals surface area (Å²) in [5, 5.41) is 0. The Labute approximate surface area is 157 Å². The zero-order valence-electron chi connectivity index (χ0n) is 16.9. The second kappa shape index (κ2) is 10.4. The highest BCUT2D eigenvalue weighted by molar-refractivity contribution is 5.90. The number of hydrogen-bond acceptors (Lipinski definition) is 5. The van der Waals surface area contributed by atoms with Gasteiger partial charge in [0, 0.05) is 6.54 Å². The Kier molecular flexibility index (Phi) is 8.88. The third kappa shape index (κ3) is 7.22. The van der Waals surface area contributed by atoms with Crippen molar-refractivity contribution in [2.24, 2.45) is 0 Å². The minimum atomic E-state index is -0.774. The molecule has 0 aromatic carbocycles. The highest BCUT2D eigenvalue weighted by atomic mass is 16.6. The van der Waals surface area contributed by atoms with Crippen LogP contribution in [-0.4, -0.2) is 66.2 Å². The van der Waals surface area contributed by atoms with Crippen molar-refractivity contribution in [2.75, 3.05) is 26.7 Å². The van der Waals surface area contributed by atoms with Crippen molar-refractivity contribution in [2.45, 2.75) is 77.9 Å². The quantitative estimate of drug-likeness (QED) is 0.485. The summed E-state index contributed by atoms with van der Waals surface area (Å²) in [7, 11) is 1.29. The van der Waals surface area contributed by atoms with E-state index in [1.807, 2.05) is 0 Å². The largest absolute Gasteiger partial charge is 0.467 e. The summed E-state index contributed by atoms with van der Waals surface area (Å²) in [6.45, 7) is 8.00. The molecule has 1 saturated heterocycles. The molecule has 0 unspecified atom stereocenters. The zero-order valence-corrected chi connectivity index (χ0v) is 16.9. The molecule has 0 spiro atoms. The highest BCUT2D eigenvalue weighted by Crippen LogP contribution is 2.18. The molecule has 0 bridgehead atoms. The van der Waals surface area contributed by atoms with Crippen LogP contribution in [0.5, 0.6) is 0 Å². The number of rotatable bonds is 8. The molecule has 2 amide bonds. The first-order valence-electron chi connectivity index (χ1n) is 9.54. The fourth-order valence-electron chi connectivity index (χ4n) is 2.95. The molecule has 0 radical (unpaired) electrons. The SMILES string of the molecule is CCCCCCCCN1C(=O)CN(C(=O)OC(C)(C)C)C[C@@H]1C(=O)OC. The molecule has 0 N–H and O–H groups in total. The number of piperazine rings is 1. The topological polar surface area (TPSA) is 76.2 Å². The van der Waals surface area contributed by atoms with Gasteiger partial charge in [0.05, 0.1) is 13.7 Å². The first kappa shape index (κ1) is 22.3. The summed E-state index contributed by atoms with van der Waals surface area (Å²) in [6, 6.07) is -0.774. The van der Waals surface area contributed by atoms with Crippen molar-refractivity contribution in [1.29, 1.82) is 0 Å². The van der Waals surface area contributed by atoms with Gasteiger partial charge in [-0.1, -0.05) is 39.0 Å². The second-order valence-electron chi connectivity index (χ2n) is 7.75. The van der Waals surface area contributed by atoms with Crippen molar-refractivity contribution < 1.29 is 23.9 Å². The molecule has 1 atom stereocenters. The molecule has 7 nitrogen and oxygen atoms in total. The maximum atomic E-state index is 12.5. The number of unbranched alkanes of at least 4 members (excludes halogenated alkanes) is 5. The lowest BCUT2D eigenvalue weighted by Gasteiger charge is -2.39. The molecule has 26 heavy (non-hydrogen) atoms. The van der Waals surface area contributed by atoms with E-state index in [-0.39, 0.29) is 19.0 Å². The maximum absolute atomic E-state index is 12.5. The number of carbonyl (C=O) groups excluding carboxylic acids is 3. The number of methoxy groups -OCH3 is 1. The fraction of sp³-hybridized carbons (Fsp3) is 0.842. The molecule has 7 heteroatoms. The monoisotopic (exact) mass is 370 g/mol. The third-order valence-corrected chi connectivity index (χ3v) is 4.29. The van der Waals surface area contributed by atoms with Crippen molar-refractivity contribution in [3.05, 3.63) is 0 Å². The molecule has 0 saturated carbocycles. The van der Waals surface area contributed by atoms with Gasteiger partial charge in [0.15, 0.2) is 0 Å². The van der Waals surface area contributed by atoms with Gasteiger partial charge in [0.2, 0.25) is 5.91 Å². The van der Waals surface area contributed by atoms with Crippen LogP contribution in [0.15, 0.2) is 0 Å². The first-order chi connectivity index (χ1) is 12.2. The molecule has 1 rings (SSSR count). The number of esters is 1. The van der Waals surface area contributed by atoms with Gasteiger partial charge >= 0.3 is 12.1 Å². The van der Waals surface area contributed by atoms with E-state index < -0.39 is 23.7 Å². The summed E-state index contributed by atoms with van der Waals surface area (Å²) in [5.41, 5.74) is -0.656. The Morgan fingerprint density at radius 2 is 1.73 bits per heavy atom.